The molecule has 1 fully saturated rings. The molecule has 1 aliphatic rings. The van der Waals surface area contributed by atoms with Crippen LogP contribution in [0.4, 0.5) is 11.4 Å². The van der Waals surface area contributed by atoms with E-state index in [9.17, 15) is 0 Å². The molecule has 19 heavy (non-hydrogen) atoms. The van der Waals surface area contributed by atoms with E-state index in [1.54, 1.807) is 0 Å². The number of nitrogens with zero attached hydrogens (tertiary/aromatic N) is 2. The van der Waals surface area contributed by atoms with E-state index in [1.807, 2.05) is 24.4 Å². The lowest BCUT2D eigenvalue weighted by molar-refractivity contribution is -0.00513. The molecule has 2 N–H and O–H groups in total. The first-order chi connectivity index (χ1) is 9.15. The molecule has 0 bridgehead atoms. The molecule has 1 aromatic carbocycles. The number of nitrogens with two attached hydrogens (primary N) is 1. The smallest absolute Gasteiger partial charge is 0.0955 e. The monoisotopic (exact) mass is 257 g/mol. The van der Waals surface area contributed by atoms with Gasteiger partial charge in [-0.25, -0.2) is 0 Å². The van der Waals surface area contributed by atoms with E-state index in [0.29, 0.717) is 0 Å². The Balaban J connectivity index is 2.07. The average molecular weight is 257 g/mol. The van der Waals surface area contributed by atoms with E-state index in [2.05, 4.69) is 29.8 Å². The van der Waals surface area contributed by atoms with E-state index < -0.39 is 0 Å². The fraction of sp³-hybridized carbons (Fsp3) is 0.400. The molecular weight excluding hydrogens is 238 g/mol. The summed E-state index contributed by atoms with van der Waals surface area (Å²) in [5.74, 6) is 0. The summed E-state index contributed by atoms with van der Waals surface area (Å²) in [5, 5.41) is 1.02. The molecule has 1 aromatic heterocycles. The van der Waals surface area contributed by atoms with E-state index in [0.717, 1.165) is 35.4 Å². The van der Waals surface area contributed by atoms with Crippen molar-refractivity contribution in [3.05, 3.63) is 30.5 Å². The van der Waals surface area contributed by atoms with Crippen LogP contribution in [-0.2, 0) is 4.74 Å². The van der Waals surface area contributed by atoms with E-state index >= 15 is 0 Å². The van der Waals surface area contributed by atoms with Crippen LogP contribution in [0.3, 0.4) is 0 Å². The van der Waals surface area contributed by atoms with Crippen LogP contribution in [-0.4, -0.2) is 30.3 Å². The zero-order chi connectivity index (χ0) is 13.4. The maximum Gasteiger partial charge on any atom is 0.0955 e. The SMILES string of the molecule is C[C@@H]1CN(c2ccc(N)c3cccnc23)C[C@H](C)O1. The molecule has 1 saturated heterocycles. The van der Waals surface area contributed by atoms with Gasteiger partial charge in [0.15, 0.2) is 0 Å². The number of morpholine rings is 1. The van der Waals surface area contributed by atoms with E-state index in [1.165, 1.54) is 0 Å². The van der Waals surface area contributed by atoms with Gasteiger partial charge in [-0.05, 0) is 38.1 Å². The molecule has 0 radical (unpaired) electrons. The highest BCUT2D eigenvalue weighted by Crippen LogP contribution is 2.30. The molecule has 2 atom stereocenters. The molecule has 0 unspecified atom stereocenters. The molecule has 0 aliphatic carbocycles. The molecule has 0 amide bonds. The molecule has 2 heterocycles. The highest BCUT2D eigenvalue weighted by Gasteiger charge is 2.24. The van der Waals surface area contributed by atoms with Gasteiger partial charge in [-0.2, -0.15) is 0 Å². The number of pyridine rings is 1. The summed E-state index contributed by atoms with van der Waals surface area (Å²) in [7, 11) is 0. The van der Waals surface area contributed by atoms with Crippen molar-refractivity contribution in [2.45, 2.75) is 26.1 Å². The highest BCUT2D eigenvalue weighted by molar-refractivity contribution is 5.98. The number of anilines is 2. The van der Waals surface area contributed by atoms with Crippen molar-refractivity contribution in [2.24, 2.45) is 0 Å². The van der Waals surface area contributed by atoms with Crippen molar-refractivity contribution in [3.63, 3.8) is 0 Å². The minimum absolute atomic E-state index is 0.236. The van der Waals surface area contributed by atoms with Crippen LogP contribution < -0.4 is 10.6 Å². The second-order valence-electron chi connectivity index (χ2n) is 5.24. The van der Waals surface area contributed by atoms with Crippen molar-refractivity contribution in [3.8, 4) is 0 Å². The van der Waals surface area contributed by atoms with Gasteiger partial charge in [0.25, 0.3) is 0 Å². The number of rotatable bonds is 1. The third-order valence-electron chi connectivity index (χ3n) is 3.54. The summed E-state index contributed by atoms with van der Waals surface area (Å²) >= 11 is 0. The van der Waals surface area contributed by atoms with Gasteiger partial charge in [0.2, 0.25) is 0 Å². The van der Waals surface area contributed by atoms with Gasteiger partial charge in [0.1, 0.15) is 0 Å². The zero-order valence-electron chi connectivity index (χ0n) is 11.3. The molecule has 4 heteroatoms. The molecule has 100 valence electrons. The van der Waals surface area contributed by atoms with Crippen molar-refractivity contribution in [1.82, 2.24) is 4.98 Å². The van der Waals surface area contributed by atoms with Gasteiger partial charge < -0.3 is 15.4 Å². The largest absolute Gasteiger partial charge is 0.398 e. The maximum absolute atomic E-state index is 6.03. The summed E-state index contributed by atoms with van der Waals surface area (Å²) in [4.78, 5) is 6.85. The predicted octanol–water partition coefficient (Wildman–Crippen LogP) is 2.43. The molecule has 0 saturated carbocycles. The van der Waals surface area contributed by atoms with Crippen molar-refractivity contribution < 1.29 is 4.74 Å². The molecule has 4 nitrogen and oxygen atoms in total. The van der Waals surface area contributed by atoms with Crippen LogP contribution >= 0.6 is 0 Å². The first-order valence-electron chi connectivity index (χ1n) is 6.69. The Morgan fingerprint density at radius 3 is 2.68 bits per heavy atom. The van der Waals surface area contributed by atoms with Gasteiger partial charge in [-0.15, -0.1) is 0 Å². The Morgan fingerprint density at radius 1 is 1.21 bits per heavy atom. The lowest BCUT2D eigenvalue weighted by atomic mass is 10.1. The lowest BCUT2D eigenvalue weighted by Gasteiger charge is -2.37. The standard InChI is InChI=1S/C15H19N3O/c1-10-8-18(9-11(2)19-10)14-6-5-13(16)12-4-3-7-17-15(12)14/h3-7,10-11H,8-9,16H2,1-2H3/t10-,11+. The highest BCUT2D eigenvalue weighted by atomic mass is 16.5. The average Bonchev–Trinajstić information content (AvgIpc) is 2.38. The number of fused-ring (bicyclic) bond motifs is 1. The van der Waals surface area contributed by atoms with Crippen LogP contribution in [0.25, 0.3) is 10.9 Å². The third-order valence-corrected chi connectivity index (χ3v) is 3.54. The number of hydrogen-bond acceptors (Lipinski definition) is 4. The van der Waals surface area contributed by atoms with Crippen molar-refractivity contribution >= 4 is 22.3 Å². The minimum atomic E-state index is 0.236. The second kappa shape index (κ2) is 4.70. The number of nitrogen functional groups attached to an aromatic ring is 1. The Hall–Kier alpha value is -1.81. The van der Waals surface area contributed by atoms with E-state index in [-0.39, 0.29) is 12.2 Å². The van der Waals surface area contributed by atoms with Gasteiger partial charge >= 0.3 is 0 Å². The maximum atomic E-state index is 6.03. The Morgan fingerprint density at radius 2 is 1.95 bits per heavy atom. The summed E-state index contributed by atoms with van der Waals surface area (Å²) < 4.78 is 5.79. The summed E-state index contributed by atoms with van der Waals surface area (Å²) in [6.45, 7) is 5.99. The summed E-state index contributed by atoms with van der Waals surface area (Å²) in [6.07, 6.45) is 2.29. The first kappa shape index (κ1) is 12.2. The topological polar surface area (TPSA) is 51.4 Å². The molecule has 1 aliphatic heterocycles. The zero-order valence-corrected chi connectivity index (χ0v) is 11.3. The van der Waals surface area contributed by atoms with Crippen molar-refractivity contribution in [1.29, 1.82) is 0 Å². The first-order valence-corrected chi connectivity index (χ1v) is 6.69. The number of ether oxygens (including phenoxy) is 1. The Kier molecular flexibility index (Phi) is 3.03. The van der Waals surface area contributed by atoms with Gasteiger partial charge in [-0.1, -0.05) is 0 Å². The molecule has 3 rings (SSSR count). The van der Waals surface area contributed by atoms with Crippen LogP contribution in [0.1, 0.15) is 13.8 Å². The minimum Gasteiger partial charge on any atom is -0.398 e. The van der Waals surface area contributed by atoms with Crippen LogP contribution in [0.15, 0.2) is 30.5 Å². The normalized spacial score (nSPS) is 23.8. The fourth-order valence-corrected chi connectivity index (χ4v) is 2.81. The van der Waals surface area contributed by atoms with Crippen LogP contribution in [0.2, 0.25) is 0 Å². The predicted molar refractivity (Wildman–Crippen MR) is 78.4 cm³/mol. The lowest BCUT2D eigenvalue weighted by Crippen LogP contribution is -2.45. The summed E-state index contributed by atoms with van der Waals surface area (Å²) in [6, 6.07) is 7.97. The number of benzene rings is 1. The van der Waals surface area contributed by atoms with Gasteiger partial charge in [0.05, 0.1) is 23.4 Å². The van der Waals surface area contributed by atoms with Gasteiger partial charge in [-0.3, -0.25) is 4.98 Å². The Bertz CT molecular complexity index is 589. The molecule has 0 spiro atoms. The summed E-state index contributed by atoms with van der Waals surface area (Å²) in [5.41, 5.74) is 8.93. The van der Waals surface area contributed by atoms with Crippen LogP contribution in [0.5, 0.6) is 0 Å². The van der Waals surface area contributed by atoms with Crippen molar-refractivity contribution in [2.75, 3.05) is 23.7 Å². The quantitative estimate of drug-likeness (QED) is 0.797. The second-order valence-corrected chi connectivity index (χ2v) is 5.24. The number of aromatic nitrogens is 1. The number of hydrogen-bond donors (Lipinski definition) is 1. The fourth-order valence-electron chi connectivity index (χ4n) is 2.81. The Labute approximate surface area is 113 Å². The van der Waals surface area contributed by atoms with Gasteiger partial charge in [0, 0.05) is 30.4 Å². The third kappa shape index (κ3) is 2.24. The molecule has 2 aromatic rings. The molecular formula is C15H19N3O. The van der Waals surface area contributed by atoms with E-state index in [4.69, 9.17) is 10.5 Å². The van der Waals surface area contributed by atoms with Crippen LogP contribution in [0, 0.1) is 0 Å².